The van der Waals surface area contributed by atoms with Crippen LogP contribution in [0, 0.1) is 6.92 Å². The first-order valence-corrected chi connectivity index (χ1v) is 9.54. The molecule has 2 nitrogen and oxygen atoms in total. The summed E-state index contributed by atoms with van der Waals surface area (Å²) in [5.41, 5.74) is 3.51. The first-order chi connectivity index (χ1) is 11.9. The van der Waals surface area contributed by atoms with Crippen LogP contribution in [0.1, 0.15) is 63.1 Å². The molecule has 0 aliphatic carbocycles. The number of phenols is 1. The number of nitrogens with zero attached hydrogens (tertiary/aromatic N) is 1. The second kappa shape index (κ2) is 9.05. The van der Waals surface area contributed by atoms with E-state index in [0.29, 0.717) is 17.8 Å². The molecule has 25 heavy (non-hydrogen) atoms. The van der Waals surface area contributed by atoms with E-state index in [2.05, 4.69) is 75.9 Å². The van der Waals surface area contributed by atoms with Crippen molar-refractivity contribution < 1.29 is 5.11 Å². The SMILES string of the molecule is CCC(C)N(CCC(c1ccccc1)c1cc(C)ccc1O)C(C)C. The Bertz CT molecular complexity index is 650. The van der Waals surface area contributed by atoms with E-state index in [4.69, 9.17) is 0 Å². The predicted octanol–water partition coefficient (Wildman–Crippen LogP) is 5.73. The van der Waals surface area contributed by atoms with E-state index in [9.17, 15) is 5.11 Å². The minimum Gasteiger partial charge on any atom is -0.508 e. The number of rotatable bonds is 8. The molecule has 136 valence electrons. The van der Waals surface area contributed by atoms with Crippen LogP contribution in [0.4, 0.5) is 0 Å². The highest BCUT2D eigenvalue weighted by atomic mass is 16.3. The largest absolute Gasteiger partial charge is 0.508 e. The van der Waals surface area contributed by atoms with Crippen molar-refractivity contribution in [3.8, 4) is 5.75 Å². The van der Waals surface area contributed by atoms with E-state index in [1.54, 1.807) is 0 Å². The van der Waals surface area contributed by atoms with Crippen LogP contribution in [0.25, 0.3) is 0 Å². The lowest BCUT2D eigenvalue weighted by Gasteiger charge is -2.33. The zero-order valence-electron chi connectivity index (χ0n) is 16.4. The summed E-state index contributed by atoms with van der Waals surface area (Å²) in [6.07, 6.45) is 2.16. The van der Waals surface area contributed by atoms with Crippen molar-refractivity contribution in [2.75, 3.05) is 6.54 Å². The van der Waals surface area contributed by atoms with Crippen molar-refractivity contribution in [3.05, 3.63) is 65.2 Å². The van der Waals surface area contributed by atoms with Gasteiger partial charge in [0.15, 0.2) is 0 Å². The molecule has 2 unspecified atom stereocenters. The van der Waals surface area contributed by atoms with Gasteiger partial charge < -0.3 is 5.11 Å². The summed E-state index contributed by atoms with van der Waals surface area (Å²) in [6, 6.07) is 17.6. The summed E-state index contributed by atoms with van der Waals surface area (Å²) in [6.45, 7) is 12.2. The Labute approximate surface area is 153 Å². The quantitative estimate of drug-likeness (QED) is 0.663. The highest BCUT2D eigenvalue weighted by molar-refractivity contribution is 5.43. The molecule has 0 aromatic heterocycles. The van der Waals surface area contributed by atoms with Crippen molar-refractivity contribution >= 4 is 0 Å². The monoisotopic (exact) mass is 339 g/mol. The summed E-state index contributed by atoms with van der Waals surface area (Å²) in [5, 5.41) is 10.5. The maximum Gasteiger partial charge on any atom is 0.119 e. The molecule has 0 saturated heterocycles. The molecule has 0 bridgehead atoms. The lowest BCUT2D eigenvalue weighted by molar-refractivity contribution is 0.156. The van der Waals surface area contributed by atoms with E-state index in [1.165, 1.54) is 11.1 Å². The second-order valence-corrected chi connectivity index (χ2v) is 7.40. The van der Waals surface area contributed by atoms with Crippen LogP contribution in [0.5, 0.6) is 5.75 Å². The van der Waals surface area contributed by atoms with Crippen LogP contribution >= 0.6 is 0 Å². The Morgan fingerprint density at radius 2 is 1.68 bits per heavy atom. The standard InChI is InChI=1S/C23H33NO/c1-6-19(5)24(17(2)3)15-14-21(20-10-8-7-9-11-20)22-16-18(4)12-13-23(22)25/h7-13,16-17,19,21,25H,6,14-15H2,1-5H3. The fraction of sp³-hybridized carbons (Fsp3) is 0.478. The predicted molar refractivity (Wildman–Crippen MR) is 107 cm³/mol. The molecule has 2 atom stereocenters. The van der Waals surface area contributed by atoms with E-state index in [1.807, 2.05) is 12.1 Å². The Morgan fingerprint density at radius 1 is 1.00 bits per heavy atom. The molecule has 0 saturated carbocycles. The minimum absolute atomic E-state index is 0.214. The number of hydrogen-bond acceptors (Lipinski definition) is 2. The average molecular weight is 340 g/mol. The van der Waals surface area contributed by atoms with E-state index < -0.39 is 0 Å². The van der Waals surface area contributed by atoms with Gasteiger partial charge in [-0.2, -0.15) is 0 Å². The third-order valence-electron chi connectivity index (χ3n) is 5.26. The summed E-state index contributed by atoms with van der Waals surface area (Å²) in [4.78, 5) is 2.57. The summed E-state index contributed by atoms with van der Waals surface area (Å²) >= 11 is 0. The van der Waals surface area contributed by atoms with Gasteiger partial charge in [-0.05, 0) is 58.7 Å². The minimum atomic E-state index is 0.214. The molecule has 0 heterocycles. The van der Waals surface area contributed by atoms with Gasteiger partial charge in [-0.15, -0.1) is 0 Å². The Morgan fingerprint density at radius 3 is 2.28 bits per heavy atom. The third-order valence-corrected chi connectivity index (χ3v) is 5.26. The zero-order chi connectivity index (χ0) is 18.4. The van der Waals surface area contributed by atoms with Crippen LogP contribution in [-0.4, -0.2) is 28.6 Å². The van der Waals surface area contributed by atoms with Crippen LogP contribution in [-0.2, 0) is 0 Å². The smallest absolute Gasteiger partial charge is 0.119 e. The van der Waals surface area contributed by atoms with Gasteiger partial charge in [-0.1, -0.05) is 55.0 Å². The van der Waals surface area contributed by atoms with Gasteiger partial charge in [0.2, 0.25) is 0 Å². The number of hydrogen-bond donors (Lipinski definition) is 1. The maximum atomic E-state index is 10.5. The molecule has 2 aromatic rings. The van der Waals surface area contributed by atoms with Gasteiger partial charge in [0.25, 0.3) is 0 Å². The molecule has 2 heteroatoms. The molecule has 0 amide bonds. The van der Waals surface area contributed by atoms with Crippen LogP contribution < -0.4 is 0 Å². The average Bonchev–Trinajstić information content (AvgIpc) is 2.61. The Balaban J connectivity index is 2.31. The van der Waals surface area contributed by atoms with Crippen LogP contribution in [0.2, 0.25) is 0 Å². The number of aryl methyl sites for hydroxylation is 1. The van der Waals surface area contributed by atoms with Gasteiger partial charge in [0, 0.05) is 23.6 Å². The van der Waals surface area contributed by atoms with Crippen LogP contribution in [0.3, 0.4) is 0 Å². The summed E-state index contributed by atoms with van der Waals surface area (Å²) < 4.78 is 0. The van der Waals surface area contributed by atoms with Crippen molar-refractivity contribution in [3.63, 3.8) is 0 Å². The molecule has 2 rings (SSSR count). The highest BCUT2D eigenvalue weighted by Gasteiger charge is 2.22. The molecular formula is C23H33NO. The van der Waals surface area contributed by atoms with Crippen molar-refractivity contribution in [2.45, 2.75) is 65.5 Å². The lowest BCUT2D eigenvalue weighted by Crippen LogP contribution is -2.39. The summed E-state index contributed by atoms with van der Waals surface area (Å²) in [7, 11) is 0. The Kier molecular flexibility index (Phi) is 7.07. The highest BCUT2D eigenvalue weighted by Crippen LogP contribution is 2.35. The van der Waals surface area contributed by atoms with Gasteiger partial charge in [0.05, 0.1) is 0 Å². The lowest BCUT2D eigenvalue weighted by atomic mass is 9.86. The number of benzene rings is 2. The first-order valence-electron chi connectivity index (χ1n) is 9.54. The Hall–Kier alpha value is -1.80. The molecule has 0 fully saturated rings. The fourth-order valence-corrected chi connectivity index (χ4v) is 3.64. The normalized spacial score (nSPS) is 14.0. The summed E-state index contributed by atoms with van der Waals surface area (Å²) in [5.74, 6) is 0.616. The van der Waals surface area contributed by atoms with Gasteiger partial charge in [-0.3, -0.25) is 4.90 Å². The van der Waals surface area contributed by atoms with Crippen LogP contribution in [0.15, 0.2) is 48.5 Å². The van der Waals surface area contributed by atoms with E-state index in [-0.39, 0.29) is 5.92 Å². The molecule has 2 aromatic carbocycles. The van der Waals surface area contributed by atoms with Crippen molar-refractivity contribution in [1.29, 1.82) is 0 Å². The van der Waals surface area contributed by atoms with E-state index in [0.717, 1.165) is 24.9 Å². The molecule has 0 aliphatic heterocycles. The molecule has 0 spiro atoms. The number of aromatic hydroxyl groups is 1. The van der Waals surface area contributed by atoms with Gasteiger partial charge >= 0.3 is 0 Å². The van der Waals surface area contributed by atoms with Gasteiger partial charge in [0.1, 0.15) is 5.75 Å². The van der Waals surface area contributed by atoms with Crippen molar-refractivity contribution in [1.82, 2.24) is 4.90 Å². The molecule has 0 radical (unpaired) electrons. The van der Waals surface area contributed by atoms with E-state index >= 15 is 0 Å². The zero-order valence-corrected chi connectivity index (χ0v) is 16.4. The van der Waals surface area contributed by atoms with Crippen molar-refractivity contribution in [2.24, 2.45) is 0 Å². The van der Waals surface area contributed by atoms with Gasteiger partial charge in [-0.25, -0.2) is 0 Å². The third kappa shape index (κ3) is 5.09. The molecule has 1 N–H and O–H groups in total. The molecule has 0 aliphatic rings. The topological polar surface area (TPSA) is 23.5 Å². The fourth-order valence-electron chi connectivity index (χ4n) is 3.64. The number of phenolic OH excluding ortho intramolecular Hbond substituents is 1. The maximum absolute atomic E-state index is 10.5. The molecular weight excluding hydrogens is 306 g/mol. The first kappa shape index (κ1) is 19.5. The second-order valence-electron chi connectivity index (χ2n) is 7.40.